The topological polar surface area (TPSA) is 77.6 Å². The average Bonchev–Trinajstić information content (AvgIpc) is 3.18. The lowest BCUT2D eigenvalue weighted by atomic mass is 10.2. The Balaban J connectivity index is 1.70. The molecule has 2 aromatic heterocycles. The van der Waals surface area contributed by atoms with E-state index in [0.717, 1.165) is 15.7 Å². The Kier molecular flexibility index (Phi) is 5.64. The standard InChI is InChI=1S/C16H15BrCl2N6O/c1-9-12(17)6-21-25(9)10(2)15(26)22-16-20-8-24(23-16)7-11-13(18)4-3-5-14(11)19/h3-6,8,10H,7H2,1-2H3,(H,22,23,26). The van der Waals surface area contributed by atoms with Gasteiger partial charge < -0.3 is 0 Å². The van der Waals surface area contributed by atoms with Crippen LogP contribution < -0.4 is 5.32 Å². The summed E-state index contributed by atoms with van der Waals surface area (Å²) in [5.41, 5.74) is 1.60. The van der Waals surface area contributed by atoms with Crippen molar-refractivity contribution in [2.75, 3.05) is 5.32 Å². The summed E-state index contributed by atoms with van der Waals surface area (Å²) in [5.74, 6) is -0.0638. The van der Waals surface area contributed by atoms with E-state index in [9.17, 15) is 4.79 Å². The number of rotatable bonds is 5. The molecule has 2 heterocycles. The van der Waals surface area contributed by atoms with Gasteiger partial charge in [0.05, 0.1) is 22.9 Å². The first-order valence-electron chi connectivity index (χ1n) is 7.69. The predicted molar refractivity (Wildman–Crippen MR) is 104 cm³/mol. The fourth-order valence-electron chi connectivity index (χ4n) is 2.39. The minimum Gasteiger partial charge on any atom is -0.291 e. The van der Waals surface area contributed by atoms with Gasteiger partial charge in [-0.1, -0.05) is 29.3 Å². The van der Waals surface area contributed by atoms with Crippen LogP contribution in [0, 0.1) is 6.92 Å². The Hall–Kier alpha value is -1.90. The van der Waals surface area contributed by atoms with Crippen LogP contribution in [-0.2, 0) is 11.3 Å². The summed E-state index contributed by atoms with van der Waals surface area (Å²) in [6, 6.07) is 4.78. The lowest BCUT2D eigenvalue weighted by Gasteiger charge is -2.13. The normalized spacial score (nSPS) is 12.2. The fraction of sp³-hybridized carbons (Fsp3) is 0.250. The van der Waals surface area contributed by atoms with Gasteiger partial charge in [-0.15, -0.1) is 5.10 Å². The predicted octanol–water partition coefficient (Wildman–Crippen LogP) is 4.10. The van der Waals surface area contributed by atoms with Gasteiger partial charge in [0.25, 0.3) is 5.91 Å². The molecule has 1 aromatic carbocycles. The number of nitrogens with one attached hydrogen (secondary N) is 1. The smallest absolute Gasteiger partial charge is 0.251 e. The van der Waals surface area contributed by atoms with Crippen LogP contribution in [0.25, 0.3) is 0 Å². The lowest BCUT2D eigenvalue weighted by Crippen LogP contribution is -2.25. The van der Waals surface area contributed by atoms with Gasteiger partial charge in [-0.05, 0) is 41.9 Å². The second-order valence-corrected chi connectivity index (χ2v) is 7.32. The van der Waals surface area contributed by atoms with Crippen LogP contribution in [-0.4, -0.2) is 30.5 Å². The van der Waals surface area contributed by atoms with E-state index in [0.29, 0.717) is 16.6 Å². The average molecular weight is 458 g/mol. The van der Waals surface area contributed by atoms with Crippen molar-refractivity contribution in [1.29, 1.82) is 0 Å². The van der Waals surface area contributed by atoms with Crippen LogP contribution >= 0.6 is 39.1 Å². The summed E-state index contributed by atoms with van der Waals surface area (Å²) < 4.78 is 4.03. The van der Waals surface area contributed by atoms with Gasteiger partial charge in [0.2, 0.25) is 5.95 Å². The number of halogens is 3. The molecule has 1 N–H and O–H groups in total. The summed E-state index contributed by atoms with van der Waals surface area (Å²) in [5, 5.41) is 12.2. The minimum absolute atomic E-state index is 0.203. The molecule has 1 amide bonds. The summed E-state index contributed by atoms with van der Waals surface area (Å²) in [6.07, 6.45) is 3.16. The molecule has 10 heteroatoms. The Morgan fingerprint density at radius 2 is 2.04 bits per heavy atom. The third-order valence-electron chi connectivity index (χ3n) is 3.88. The van der Waals surface area contributed by atoms with Gasteiger partial charge >= 0.3 is 0 Å². The van der Waals surface area contributed by atoms with Crippen molar-refractivity contribution < 1.29 is 4.79 Å². The second-order valence-electron chi connectivity index (χ2n) is 5.65. The molecular weight excluding hydrogens is 443 g/mol. The van der Waals surface area contributed by atoms with Crippen molar-refractivity contribution in [2.24, 2.45) is 0 Å². The highest BCUT2D eigenvalue weighted by Crippen LogP contribution is 2.25. The van der Waals surface area contributed by atoms with Crippen molar-refractivity contribution in [2.45, 2.75) is 26.4 Å². The maximum absolute atomic E-state index is 12.4. The van der Waals surface area contributed by atoms with E-state index in [1.165, 1.54) is 6.33 Å². The monoisotopic (exact) mass is 456 g/mol. The van der Waals surface area contributed by atoms with E-state index < -0.39 is 6.04 Å². The molecule has 0 aliphatic heterocycles. The number of carbonyl (C=O) groups is 1. The number of carbonyl (C=O) groups excluding carboxylic acids is 1. The third-order valence-corrected chi connectivity index (χ3v) is 5.37. The van der Waals surface area contributed by atoms with Gasteiger partial charge in [-0.25, -0.2) is 9.67 Å². The summed E-state index contributed by atoms with van der Waals surface area (Å²) in [7, 11) is 0. The molecule has 0 bridgehead atoms. The second kappa shape index (κ2) is 7.77. The maximum atomic E-state index is 12.4. The molecule has 3 rings (SSSR count). The first kappa shape index (κ1) is 18.9. The largest absolute Gasteiger partial charge is 0.291 e. The van der Waals surface area contributed by atoms with Crippen LogP contribution in [0.3, 0.4) is 0 Å². The SMILES string of the molecule is Cc1c(Br)cnn1C(C)C(=O)Nc1ncn(Cc2c(Cl)cccc2Cl)n1. The van der Waals surface area contributed by atoms with Crippen LogP contribution in [0.15, 0.2) is 35.2 Å². The Morgan fingerprint density at radius 3 is 2.65 bits per heavy atom. The summed E-state index contributed by atoms with van der Waals surface area (Å²) in [4.78, 5) is 16.5. The molecule has 136 valence electrons. The molecule has 0 saturated carbocycles. The zero-order valence-electron chi connectivity index (χ0n) is 13.9. The number of nitrogens with zero attached hydrogens (tertiary/aromatic N) is 5. The molecular formula is C16H15BrCl2N6O. The number of amides is 1. The van der Waals surface area contributed by atoms with E-state index in [-0.39, 0.29) is 11.9 Å². The zero-order chi connectivity index (χ0) is 18.8. The van der Waals surface area contributed by atoms with Gasteiger partial charge in [-0.2, -0.15) is 5.10 Å². The van der Waals surface area contributed by atoms with Crippen LogP contribution in [0.4, 0.5) is 5.95 Å². The van der Waals surface area contributed by atoms with Crippen molar-refractivity contribution in [3.8, 4) is 0 Å². The van der Waals surface area contributed by atoms with Crippen molar-refractivity contribution in [3.05, 3.63) is 56.5 Å². The molecule has 0 radical (unpaired) electrons. The maximum Gasteiger partial charge on any atom is 0.251 e. The minimum atomic E-state index is -0.508. The Labute approximate surface area is 168 Å². The molecule has 0 aliphatic carbocycles. The van der Waals surface area contributed by atoms with E-state index >= 15 is 0 Å². The van der Waals surface area contributed by atoms with Crippen LogP contribution in [0.5, 0.6) is 0 Å². The first-order chi connectivity index (χ1) is 12.4. The molecule has 0 fully saturated rings. The molecule has 3 aromatic rings. The third kappa shape index (κ3) is 3.92. The fourth-order valence-corrected chi connectivity index (χ4v) is 3.18. The number of aromatic nitrogens is 5. The number of hydrogen-bond donors (Lipinski definition) is 1. The molecule has 0 spiro atoms. The van der Waals surface area contributed by atoms with Gasteiger partial charge in [0.1, 0.15) is 12.4 Å². The highest BCUT2D eigenvalue weighted by molar-refractivity contribution is 9.10. The number of anilines is 1. The molecule has 0 aliphatic rings. The molecule has 1 atom stereocenters. The van der Waals surface area contributed by atoms with E-state index in [2.05, 4.69) is 36.4 Å². The van der Waals surface area contributed by atoms with Crippen LogP contribution in [0.2, 0.25) is 10.0 Å². The molecule has 0 saturated heterocycles. The summed E-state index contributed by atoms with van der Waals surface area (Å²) in [6.45, 7) is 3.98. The quantitative estimate of drug-likeness (QED) is 0.625. The number of benzene rings is 1. The Bertz CT molecular complexity index is 934. The van der Waals surface area contributed by atoms with Crippen LogP contribution in [0.1, 0.15) is 24.2 Å². The lowest BCUT2D eigenvalue weighted by molar-refractivity contribution is -0.119. The molecule has 1 unspecified atom stereocenters. The van der Waals surface area contributed by atoms with Crippen molar-refractivity contribution in [3.63, 3.8) is 0 Å². The van der Waals surface area contributed by atoms with Gasteiger partial charge in [0.15, 0.2) is 0 Å². The van der Waals surface area contributed by atoms with E-state index in [1.54, 1.807) is 40.7 Å². The highest BCUT2D eigenvalue weighted by atomic mass is 79.9. The summed E-state index contributed by atoms with van der Waals surface area (Å²) >= 11 is 15.7. The molecule has 26 heavy (non-hydrogen) atoms. The van der Waals surface area contributed by atoms with Crippen molar-refractivity contribution in [1.82, 2.24) is 24.5 Å². The molecule has 7 nitrogen and oxygen atoms in total. The van der Waals surface area contributed by atoms with Gasteiger partial charge in [-0.3, -0.25) is 14.8 Å². The first-order valence-corrected chi connectivity index (χ1v) is 9.24. The Morgan fingerprint density at radius 1 is 1.35 bits per heavy atom. The zero-order valence-corrected chi connectivity index (χ0v) is 17.0. The van der Waals surface area contributed by atoms with Gasteiger partial charge in [0, 0.05) is 15.6 Å². The number of hydrogen-bond acceptors (Lipinski definition) is 4. The highest BCUT2D eigenvalue weighted by Gasteiger charge is 2.20. The van der Waals surface area contributed by atoms with E-state index in [4.69, 9.17) is 23.2 Å². The van der Waals surface area contributed by atoms with E-state index in [1.807, 2.05) is 6.92 Å². The van der Waals surface area contributed by atoms with Crippen molar-refractivity contribution >= 4 is 51.0 Å².